The number of allylic oxidation sites excluding steroid dienone is 1. The average Bonchev–Trinajstić information content (AvgIpc) is 2.40. The van der Waals surface area contributed by atoms with E-state index in [-0.39, 0.29) is 13.6 Å². The van der Waals surface area contributed by atoms with Crippen molar-refractivity contribution in [2.75, 3.05) is 13.6 Å². The molecule has 0 amide bonds. The van der Waals surface area contributed by atoms with E-state index >= 15 is 0 Å². The van der Waals surface area contributed by atoms with Gasteiger partial charge in [-0.15, -0.1) is 6.58 Å². The summed E-state index contributed by atoms with van der Waals surface area (Å²) in [7, 11) is 0. The Labute approximate surface area is 113 Å². The van der Waals surface area contributed by atoms with Crippen LogP contribution >= 0.6 is 0 Å². The van der Waals surface area contributed by atoms with E-state index in [2.05, 4.69) is 19.7 Å². The van der Waals surface area contributed by atoms with Crippen molar-refractivity contribution in [3.05, 3.63) is 62.1 Å². The van der Waals surface area contributed by atoms with Gasteiger partial charge in [-0.25, -0.2) is 0 Å². The fourth-order valence-corrected chi connectivity index (χ4v) is 1.38. The summed E-state index contributed by atoms with van der Waals surface area (Å²) in [6.45, 7) is 10.8. The summed E-state index contributed by atoms with van der Waals surface area (Å²) in [5.74, 6) is 1.30. The first-order chi connectivity index (χ1) is 9.30. The fraction of sp³-hybridized carbons (Fsp3) is 0.200. The van der Waals surface area contributed by atoms with Gasteiger partial charge in [0.15, 0.2) is 0 Å². The number of rotatable bonds is 10. The van der Waals surface area contributed by atoms with Crippen molar-refractivity contribution in [3.63, 3.8) is 0 Å². The van der Waals surface area contributed by atoms with Gasteiger partial charge in [0.2, 0.25) is 13.6 Å². The molecule has 0 unspecified atom stereocenters. The van der Waals surface area contributed by atoms with Crippen LogP contribution in [0.25, 0.3) is 0 Å². The Morgan fingerprint density at radius 2 is 1.37 bits per heavy atom. The minimum atomic E-state index is 0.101. The molecule has 0 aliphatic rings. The predicted molar refractivity (Wildman–Crippen MR) is 73.9 cm³/mol. The number of hydrogen-bond acceptors (Lipinski definition) is 4. The van der Waals surface area contributed by atoms with Crippen LogP contribution in [-0.4, -0.2) is 13.6 Å². The summed E-state index contributed by atoms with van der Waals surface area (Å²) in [4.78, 5) is 0. The maximum Gasteiger partial charge on any atom is 0.229 e. The van der Waals surface area contributed by atoms with Crippen LogP contribution < -0.4 is 9.47 Å². The molecular formula is C15H18O4. The third kappa shape index (κ3) is 5.68. The standard InChI is InChI=1S/C15H18O4/c1-4-7-13-8-14(18-11-16-5-2)10-15(9-13)19-12-17-6-3/h4-6,8-10H,1-3,7,11-12H2. The third-order valence-electron chi connectivity index (χ3n) is 2.14. The molecule has 0 radical (unpaired) electrons. The first-order valence-corrected chi connectivity index (χ1v) is 5.75. The maximum absolute atomic E-state index is 5.41. The maximum atomic E-state index is 5.41. The summed E-state index contributed by atoms with van der Waals surface area (Å²) in [5.41, 5.74) is 1.03. The van der Waals surface area contributed by atoms with E-state index in [1.54, 1.807) is 6.07 Å². The Kier molecular flexibility index (Phi) is 6.72. The Balaban J connectivity index is 2.73. The predicted octanol–water partition coefficient (Wildman–Crippen LogP) is 3.41. The zero-order chi connectivity index (χ0) is 13.9. The van der Waals surface area contributed by atoms with E-state index in [4.69, 9.17) is 18.9 Å². The van der Waals surface area contributed by atoms with Gasteiger partial charge in [0, 0.05) is 6.07 Å². The summed E-state index contributed by atoms with van der Waals surface area (Å²) >= 11 is 0. The summed E-state index contributed by atoms with van der Waals surface area (Å²) in [5, 5.41) is 0. The van der Waals surface area contributed by atoms with Crippen LogP contribution in [0.5, 0.6) is 11.5 Å². The lowest BCUT2D eigenvalue weighted by molar-refractivity contribution is 0.0747. The van der Waals surface area contributed by atoms with Gasteiger partial charge in [-0.05, 0) is 24.1 Å². The van der Waals surface area contributed by atoms with Gasteiger partial charge in [-0.3, -0.25) is 0 Å². The Morgan fingerprint density at radius 1 is 0.842 bits per heavy atom. The second kappa shape index (κ2) is 8.69. The number of benzene rings is 1. The van der Waals surface area contributed by atoms with Gasteiger partial charge >= 0.3 is 0 Å². The highest BCUT2D eigenvalue weighted by molar-refractivity contribution is 5.39. The average molecular weight is 262 g/mol. The normalized spacial score (nSPS) is 9.26. The first kappa shape index (κ1) is 14.7. The molecule has 0 saturated carbocycles. The van der Waals surface area contributed by atoms with Crippen molar-refractivity contribution in [1.82, 2.24) is 0 Å². The molecule has 0 aromatic heterocycles. The van der Waals surface area contributed by atoms with Gasteiger partial charge in [0.05, 0.1) is 12.5 Å². The second-order valence-corrected chi connectivity index (χ2v) is 3.50. The summed E-state index contributed by atoms with van der Waals surface area (Å²) in [6, 6.07) is 5.55. The summed E-state index contributed by atoms with van der Waals surface area (Å²) in [6.07, 6.45) is 5.17. The fourth-order valence-electron chi connectivity index (χ4n) is 1.38. The van der Waals surface area contributed by atoms with Gasteiger partial charge < -0.3 is 18.9 Å². The van der Waals surface area contributed by atoms with Crippen molar-refractivity contribution in [3.8, 4) is 11.5 Å². The highest BCUT2D eigenvalue weighted by Gasteiger charge is 2.03. The molecular weight excluding hydrogens is 244 g/mol. The molecule has 0 bridgehead atoms. The van der Waals surface area contributed by atoms with Crippen LogP contribution in [0.2, 0.25) is 0 Å². The van der Waals surface area contributed by atoms with E-state index in [0.29, 0.717) is 11.5 Å². The lowest BCUT2D eigenvalue weighted by atomic mass is 10.1. The Morgan fingerprint density at radius 3 is 1.79 bits per heavy atom. The molecule has 0 N–H and O–H groups in total. The molecule has 102 valence electrons. The van der Waals surface area contributed by atoms with Crippen molar-refractivity contribution in [1.29, 1.82) is 0 Å². The van der Waals surface area contributed by atoms with Crippen LogP contribution in [0.15, 0.2) is 56.5 Å². The van der Waals surface area contributed by atoms with Crippen LogP contribution in [-0.2, 0) is 15.9 Å². The lowest BCUT2D eigenvalue weighted by Gasteiger charge is -2.11. The molecule has 4 nitrogen and oxygen atoms in total. The van der Waals surface area contributed by atoms with E-state index in [0.717, 1.165) is 12.0 Å². The molecule has 0 aliphatic carbocycles. The van der Waals surface area contributed by atoms with Gasteiger partial charge in [-0.1, -0.05) is 19.2 Å². The third-order valence-corrected chi connectivity index (χ3v) is 2.14. The zero-order valence-corrected chi connectivity index (χ0v) is 10.8. The van der Waals surface area contributed by atoms with Gasteiger partial charge in [0.1, 0.15) is 11.5 Å². The molecule has 1 aromatic rings. The molecule has 1 rings (SSSR count). The van der Waals surface area contributed by atoms with Crippen LogP contribution in [0, 0.1) is 0 Å². The quantitative estimate of drug-likeness (QED) is 0.280. The largest absolute Gasteiger partial charge is 0.466 e. The van der Waals surface area contributed by atoms with Crippen molar-refractivity contribution in [2.45, 2.75) is 6.42 Å². The molecule has 0 atom stereocenters. The van der Waals surface area contributed by atoms with Crippen LogP contribution in [0.3, 0.4) is 0 Å². The van der Waals surface area contributed by atoms with E-state index in [1.807, 2.05) is 18.2 Å². The van der Waals surface area contributed by atoms with Crippen LogP contribution in [0.4, 0.5) is 0 Å². The SMILES string of the molecule is C=CCc1cc(OCOC=C)cc(OCOC=C)c1. The monoisotopic (exact) mass is 262 g/mol. The molecule has 0 aliphatic heterocycles. The zero-order valence-electron chi connectivity index (χ0n) is 10.8. The smallest absolute Gasteiger partial charge is 0.229 e. The molecule has 0 heterocycles. The highest BCUT2D eigenvalue weighted by atomic mass is 16.7. The summed E-state index contributed by atoms with van der Waals surface area (Å²) < 4.78 is 20.7. The van der Waals surface area contributed by atoms with Crippen LogP contribution in [0.1, 0.15) is 5.56 Å². The molecule has 0 fully saturated rings. The van der Waals surface area contributed by atoms with E-state index in [9.17, 15) is 0 Å². The van der Waals surface area contributed by atoms with E-state index < -0.39 is 0 Å². The van der Waals surface area contributed by atoms with Gasteiger partial charge in [-0.2, -0.15) is 0 Å². The van der Waals surface area contributed by atoms with Gasteiger partial charge in [0.25, 0.3) is 0 Å². The van der Waals surface area contributed by atoms with Crippen molar-refractivity contribution < 1.29 is 18.9 Å². The highest BCUT2D eigenvalue weighted by Crippen LogP contribution is 2.23. The molecule has 19 heavy (non-hydrogen) atoms. The van der Waals surface area contributed by atoms with Crippen molar-refractivity contribution >= 4 is 0 Å². The Bertz CT molecular complexity index is 394. The minimum Gasteiger partial charge on any atom is -0.466 e. The molecule has 4 heteroatoms. The Hall–Kier alpha value is -2.36. The first-order valence-electron chi connectivity index (χ1n) is 5.75. The number of hydrogen-bond donors (Lipinski definition) is 0. The molecule has 0 spiro atoms. The number of ether oxygens (including phenoxy) is 4. The van der Waals surface area contributed by atoms with E-state index in [1.165, 1.54) is 12.5 Å². The topological polar surface area (TPSA) is 36.9 Å². The molecule has 0 saturated heterocycles. The minimum absolute atomic E-state index is 0.101. The van der Waals surface area contributed by atoms with Crippen molar-refractivity contribution in [2.24, 2.45) is 0 Å². The lowest BCUT2D eigenvalue weighted by Crippen LogP contribution is -2.02. The molecule has 1 aromatic carbocycles. The second-order valence-electron chi connectivity index (χ2n) is 3.50.